The zero-order valence-corrected chi connectivity index (χ0v) is 17.4. The maximum atomic E-state index is 12.6. The minimum absolute atomic E-state index is 0.153. The second-order valence-electron chi connectivity index (χ2n) is 8.04. The van der Waals surface area contributed by atoms with E-state index in [1.54, 1.807) is 6.92 Å². The predicted molar refractivity (Wildman–Crippen MR) is 109 cm³/mol. The Hall–Kier alpha value is -2.81. The van der Waals surface area contributed by atoms with Gasteiger partial charge >= 0.3 is 6.03 Å². The summed E-state index contributed by atoms with van der Waals surface area (Å²) in [5.41, 5.74) is 1.26. The molecule has 9 heteroatoms. The minimum atomic E-state index is -0.893. The molecule has 2 N–H and O–H groups in total. The topological polar surface area (TPSA) is 104 Å². The number of urea groups is 1. The van der Waals surface area contributed by atoms with Crippen LogP contribution in [0.15, 0.2) is 24.3 Å². The molecule has 2 heterocycles. The molecule has 2 aromatic rings. The molecular weight excluding hydrogens is 390 g/mol. The van der Waals surface area contributed by atoms with Gasteiger partial charge in [-0.05, 0) is 37.2 Å². The molecule has 1 unspecified atom stereocenters. The molecule has 2 fully saturated rings. The highest BCUT2D eigenvalue weighted by molar-refractivity contribution is 7.18. The van der Waals surface area contributed by atoms with Crippen molar-refractivity contribution >= 4 is 34.3 Å². The molecule has 1 saturated carbocycles. The summed E-state index contributed by atoms with van der Waals surface area (Å²) in [5.74, 6) is -0.227. The van der Waals surface area contributed by atoms with E-state index in [2.05, 4.69) is 34.7 Å². The number of hydrogen-bond donors (Lipinski definition) is 2. The van der Waals surface area contributed by atoms with Gasteiger partial charge in [0.05, 0.1) is 0 Å². The van der Waals surface area contributed by atoms with Crippen molar-refractivity contribution in [2.24, 2.45) is 5.92 Å². The van der Waals surface area contributed by atoms with Crippen molar-refractivity contribution in [2.75, 3.05) is 11.9 Å². The third-order valence-electron chi connectivity index (χ3n) is 5.49. The smallest absolute Gasteiger partial charge is 0.323 e. The number of amides is 4. The summed E-state index contributed by atoms with van der Waals surface area (Å²) in [6.07, 6.45) is 1.82. The number of benzene rings is 1. The lowest BCUT2D eigenvalue weighted by atomic mass is 9.96. The summed E-state index contributed by atoms with van der Waals surface area (Å²) in [5, 5.41) is 14.5. The number of anilines is 1. The van der Waals surface area contributed by atoms with E-state index in [0.717, 1.165) is 23.3 Å². The van der Waals surface area contributed by atoms with Crippen molar-refractivity contribution in [1.82, 2.24) is 20.4 Å². The van der Waals surface area contributed by atoms with Gasteiger partial charge in [-0.3, -0.25) is 19.8 Å². The molecule has 1 aromatic heterocycles. The molecule has 4 amide bonds. The van der Waals surface area contributed by atoms with Crippen molar-refractivity contribution in [2.45, 2.75) is 45.1 Å². The Balaban J connectivity index is 1.39. The van der Waals surface area contributed by atoms with Gasteiger partial charge in [-0.15, -0.1) is 10.2 Å². The molecule has 8 nitrogen and oxygen atoms in total. The fourth-order valence-corrected chi connectivity index (χ4v) is 4.27. The largest absolute Gasteiger partial charge is 0.325 e. The predicted octanol–water partition coefficient (Wildman–Crippen LogP) is 2.99. The molecule has 1 aliphatic carbocycles. The standard InChI is InChI=1S/C20H23N5O3S/c1-11(2)12-4-6-13(7-5-12)16-23-24-18(29-16)21-15(26)10-25-17(27)20(3,14-8-9-14)22-19(25)28/h4-7,11,14H,8-10H2,1-3H3,(H,22,28)(H,21,24,26). The Kier molecular flexibility index (Phi) is 4.85. The highest BCUT2D eigenvalue weighted by atomic mass is 32.1. The van der Waals surface area contributed by atoms with Crippen molar-refractivity contribution in [3.63, 3.8) is 0 Å². The molecule has 1 aromatic carbocycles. The third kappa shape index (κ3) is 3.74. The molecule has 4 rings (SSSR count). The first-order valence-corrected chi connectivity index (χ1v) is 10.5. The van der Waals surface area contributed by atoms with E-state index in [4.69, 9.17) is 0 Å². The molecule has 0 radical (unpaired) electrons. The minimum Gasteiger partial charge on any atom is -0.323 e. The van der Waals surface area contributed by atoms with E-state index in [1.165, 1.54) is 16.9 Å². The molecule has 152 valence electrons. The summed E-state index contributed by atoms with van der Waals surface area (Å²) < 4.78 is 0. The SMILES string of the molecule is CC(C)c1ccc(-c2nnc(NC(=O)CN3C(=O)NC(C)(C4CC4)C3=O)s2)cc1. The molecule has 1 aliphatic heterocycles. The van der Waals surface area contributed by atoms with Crippen LogP contribution in [0.4, 0.5) is 9.93 Å². The monoisotopic (exact) mass is 413 g/mol. The number of imide groups is 1. The lowest BCUT2D eigenvalue weighted by Crippen LogP contribution is -2.46. The van der Waals surface area contributed by atoms with Crippen LogP contribution in [0.5, 0.6) is 0 Å². The third-order valence-corrected chi connectivity index (χ3v) is 6.38. The van der Waals surface area contributed by atoms with Crippen molar-refractivity contribution in [3.8, 4) is 10.6 Å². The quantitative estimate of drug-likeness (QED) is 0.709. The summed E-state index contributed by atoms with van der Waals surface area (Å²) in [6.45, 7) is 5.65. The maximum Gasteiger partial charge on any atom is 0.325 e. The Morgan fingerprint density at radius 1 is 1.28 bits per heavy atom. The van der Waals surface area contributed by atoms with E-state index in [1.807, 2.05) is 24.3 Å². The Bertz CT molecular complexity index is 967. The number of nitrogens with zero attached hydrogens (tertiary/aromatic N) is 3. The van der Waals surface area contributed by atoms with Crippen LogP contribution in [-0.4, -0.2) is 45.0 Å². The van der Waals surface area contributed by atoms with Crippen LogP contribution in [0.3, 0.4) is 0 Å². The Morgan fingerprint density at radius 2 is 1.97 bits per heavy atom. The molecule has 29 heavy (non-hydrogen) atoms. The van der Waals surface area contributed by atoms with Gasteiger partial charge in [0, 0.05) is 5.56 Å². The number of hydrogen-bond acceptors (Lipinski definition) is 6. The van der Waals surface area contributed by atoms with Gasteiger partial charge in [-0.2, -0.15) is 0 Å². The van der Waals surface area contributed by atoms with Gasteiger partial charge in [0.1, 0.15) is 17.1 Å². The number of rotatable bonds is 6. The molecule has 2 aliphatic rings. The first kappa shape index (κ1) is 19.5. The normalized spacial score (nSPS) is 21.6. The zero-order chi connectivity index (χ0) is 20.8. The van der Waals surface area contributed by atoms with Gasteiger partial charge < -0.3 is 5.32 Å². The van der Waals surface area contributed by atoms with Gasteiger partial charge in [0.25, 0.3) is 5.91 Å². The number of carbonyl (C=O) groups excluding carboxylic acids is 3. The van der Waals surface area contributed by atoms with Crippen LogP contribution in [0.1, 0.15) is 45.1 Å². The molecule has 0 spiro atoms. The van der Waals surface area contributed by atoms with Crippen LogP contribution >= 0.6 is 11.3 Å². The van der Waals surface area contributed by atoms with Gasteiger partial charge in [-0.1, -0.05) is 49.4 Å². The number of aromatic nitrogens is 2. The summed E-state index contributed by atoms with van der Waals surface area (Å²) >= 11 is 1.24. The van der Waals surface area contributed by atoms with E-state index < -0.39 is 17.5 Å². The lowest BCUT2D eigenvalue weighted by molar-refractivity contribution is -0.134. The summed E-state index contributed by atoms with van der Waals surface area (Å²) in [6, 6.07) is 7.53. The molecule has 0 bridgehead atoms. The van der Waals surface area contributed by atoms with E-state index >= 15 is 0 Å². The van der Waals surface area contributed by atoms with Gasteiger partial charge in [-0.25, -0.2) is 4.79 Å². The average Bonchev–Trinajstić information content (AvgIpc) is 3.41. The van der Waals surface area contributed by atoms with Crippen LogP contribution in [0.25, 0.3) is 10.6 Å². The summed E-state index contributed by atoms with van der Waals surface area (Å²) in [7, 11) is 0. The maximum absolute atomic E-state index is 12.6. The molecule has 1 atom stereocenters. The van der Waals surface area contributed by atoms with Crippen molar-refractivity contribution in [3.05, 3.63) is 29.8 Å². The van der Waals surface area contributed by atoms with Gasteiger partial charge in [0.15, 0.2) is 0 Å². The Morgan fingerprint density at radius 3 is 2.59 bits per heavy atom. The molecule has 1 saturated heterocycles. The highest BCUT2D eigenvalue weighted by Gasteiger charge is 2.56. The first-order valence-electron chi connectivity index (χ1n) is 9.65. The number of carbonyl (C=O) groups is 3. The van der Waals surface area contributed by atoms with E-state index in [0.29, 0.717) is 16.1 Å². The fourth-order valence-electron chi connectivity index (χ4n) is 3.50. The van der Waals surface area contributed by atoms with E-state index in [9.17, 15) is 14.4 Å². The molecular formula is C20H23N5O3S. The van der Waals surface area contributed by atoms with Crippen LogP contribution in [-0.2, 0) is 9.59 Å². The zero-order valence-electron chi connectivity index (χ0n) is 16.6. The van der Waals surface area contributed by atoms with E-state index in [-0.39, 0.29) is 18.4 Å². The lowest BCUT2D eigenvalue weighted by Gasteiger charge is -2.20. The second-order valence-corrected chi connectivity index (χ2v) is 9.01. The van der Waals surface area contributed by atoms with Crippen LogP contribution in [0, 0.1) is 5.92 Å². The van der Waals surface area contributed by atoms with Gasteiger partial charge in [0.2, 0.25) is 11.0 Å². The van der Waals surface area contributed by atoms with Crippen LogP contribution < -0.4 is 10.6 Å². The van der Waals surface area contributed by atoms with Crippen molar-refractivity contribution < 1.29 is 14.4 Å². The highest BCUT2D eigenvalue weighted by Crippen LogP contribution is 2.42. The van der Waals surface area contributed by atoms with Crippen LogP contribution in [0.2, 0.25) is 0 Å². The number of nitrogens with one attached hydrogen (secondary N) is 2. The van der Waals surface area contributed by atoms with Crippen molar-refractivity contribution in [1.29, 1.82) is 0 Å². The second kappa shape index (κ2) is 7.22. The summed E-state index contributed by atoms with van der Waals surface area (Å²) in [4.78, 5) is 38.1. The first-order chi connectivity index (χ1) is 13.8. The average molecular weight is 414 g/mol. The fraction of sp³-hybridized carbons (Fsp3) is 0.450. The Labute approximate surface area is 172 Å².